The molecule has 288 valence electrons. The van der Waals surface area contributed by atoms with Crippen molar-refractivity contribution in [3.63, 3.8) is 0 Å². The minimum Gasteiger partial charge on any atom is -0.453 e. The largest absolute Gasteiger partial charge is 0.453 e. The summed E-state index contributed by atoms with van der Waals surface area (Å²) in [5.41, 5.74) is 1.51. The number of ether oxygens (including phenoxy) is 1. The van der Waals surface area contributed by atoms with Crippen molar-refractivity contribution in [3.8, 4) is 0 Å². The van der Waals surface area contributed by atoms with E-state index >= 15 is 0 Å². The van der Waals surface area contributed by atoms with E-state index < -0.39 is 58.9 Å². The van der Waals surface area contributed by atoms with Crippen molar-refractivity contribution in [2.24, 2.45) is 5.41 Å². The fourth-order valence-corrected chi connectivity index (χ4v) is 9.07. The molecule has 0 spiro atoms. The highest BCUT2D eigenvalue weighted by Gasteiger charge is 2.46. The highest BCUT2D eigenvalue weighted by atomic mass is 32.2. The molecule has 15 heteroatoms. The Morgan fingerprint density at radius 2 is 1.50 bits per heavy atom. The number of nitrogens with zero attached hydrogens (tertiary/aromatic N) is 1. The zero-order valence-corrected chi connectivity index (χ0v) is 31.8. The van der Waals surface area contributed by atoms with Gasteiger partial charge in [-0.1, -0.05) is 81.4 Å². The van der Waals surface area contributed by atoms with Crippen LogP contribution in [0, 0.1) is 5.41 Å². The minimum atomic E-state index is -5.01. The monoisotopic (exact) mass is 784 g/mol. The molecule has 2 aromatic heterocycles. The van der Waals surface area contributed by atoms with E-state index in [0.717, 1.165) is 23.0 Å². The smallest absolute Gasteiger partial charge is 0.413 e. The van der Waals surface area contributed by atoms with Crippen molar-refractivity contribution in [1.82, 2.24) is 19.9 Å². The van der Waals surface area contributed by atoms with Gasteiger partial charge in [0, 0.05) is 39.3 Å². The van der Waals surface area contributed by atoms with E-state index in [2.05, 4.69) is 15.6 Å². The number of alkyl halides is 3. The van der Waals surface area contributed by atoms with Crippen LogP contribution in [0.1, 0.15) is 66.1 Å². The van der Waals surface area contributed by atoms with Gasteiger partial charge < -0.3 is 25.5 Å². The van der Waals surface area contributed by atoms with Gasteiger partial charge in [-0.3, -0.25) is 4.79 Å². The van der Waals surface area contributed by atoms with Crippen LogP contribution in [0.5, 0.6) is 0 Å². The van der Waals surface area contributed by atoms with Crippen LogP contribution in [0.25, 0.3) is 10.9 Å². The predicted octanol–water partition coefficient (Wildman–Crippen LogP) is 7.67. The van der Waals surface area contributed by atoms with Gasteiger partial charge in [0.15, 0.2) is 6.04 Å². The first-order valence-electron chi connectivity index (χ1n) is 17.1. The second kappa shape index (κ2) is 16.8. The van der Waals surface area contributed by atoms with E-state index in [4.69, 9.17) is 4.74 Å². The van der Waals surface area contributed by atoms with E-state index in [-0.39, 0.29) is 26.6 Å². The lowest BCUT2D eigenvalue weighted by atomic mass is 9.84. The molecule has 0 fully saturated rings. The highest BCUT2D eigenvalue weighted by Crippen LogP contribution is 2.41. The van der Waals surface area contributed by atoms with E-state index in [0.29, 0.717) is 34.3 Å². The third kappa shape index (κ3) is 9.50. The molecule has 3 aromatic carbocycles. The number of halogens is 3. The zero-order chi connectivity index (χ0) is 39.3. The number of carbonyl (C=O) groups is 2. The van der Waals surface area contributed by atoms with Crippen LogP contribution in [-0.4, -0.2) is 67.3 Å². The summed E-state index contributed by atoms with van der Waals surface area (Å²) in [5, 5.41) is 15.9. The van der Waals surface area contributed by atoms with Crippen molar-refractivity contribution in [2.45, 2.75) is 62.3 Å². The van der Waals surface area contributed by atoms with Crippen molar-refractivity contribution >= 4 is 44.3 Å². The van der Waals surface area contributed by atoms with Crippen molar-refractivity contribution < 1.29 is 41.0 Å². The molecule has 0 aliphatic heterocycles. The molecule has 0 saturated carbocycles. The second-order valence-electron chi connectivity index (χ2n) is 14.0. The number of thiophene rings is 1. The maximum atomic E-state index is 14.9. The first-order chi connectivity index (χ1) is 25.5. The number of amides is 2. The Morgan fingerprint density at radius 1 is 0.889 bits per heavy atom. The number of sulfonamides is 1. The summed E-state index contributed by atoms with van der Waals surface area (Å²) in [6.45, 7) is 5.04. The maximum Gasteiger partial charge on any atom is 0.413 e. The van der Waals surface area contributed by atoms with Crippen molar-refractivity contribution in [2.75, 3.05) is 20.3 Å². The summed E-state index contributed by atoms with van der Waals surface area (Å²) >= 11 is 0.633. The molecule has 0 saturated heterocycles. The number of rotatable bonds is 14. The molecule has 0 aliphatic carbocycles. The molecule has 54 heavy (non-hydrogen) atoms. The number of H-pyrrole nitrogens is 1. The molecular weight excluding hydrogens is 742 g/mol. The molecule has 10 nitrogen and oxygen atoms in total. The maximum absolute atomic E-state index is 14.9. The number of benzene rings is 3. The van der Waals surface area contributed by atoms with Gasteiger partial charge in [0.1, 0.15) is 6.04 Å². The Kier molecular flexibility index (Phi) is 12.6. The van der Waals surface area contributed by atoms with E-state index in [1.807, 2.05) is 20.8 Å². The fraction of sp³-hybridized carbons (Fsp3) is 0.333. The quantitative estimate of drug-likeness (QED) is 0.0912. The average Bonchev–Trinajstić information content (AvgIpc) is 3.81. The van der Waals surface area contributed by atoms with Gasteiger partial charge in [-0.15, -0.1) is 11.3 Å². The second-order valence-corrected chi connectivity index (χ2v) is 17.0. The third-order valence-electron chi connectivity index (χ3n) is 9.00. The Balaban J connectivity index is 1.52. The molecule has 0 unspecified atom stereocenters. The molecule has 0 radical (unpaired) electrons. The van der Waals surface area contributed by atoms with Gasteiger partial charge in [-0.05, 0) is 59.4 Å². The van der Waals surface area contributed by atoms with E-state index in [1.54, 1.807) is 79.0 Å². The van der Waals surface area contributed by atoms with Crippen LogP contribution in [-0.2, 0) is 19.6 Å². The Bertz CT molecular complexity index is 2090. The molecule has 0 bridgehead atoms. The molecule has 2 amide bonds. The summed E-state index contributed by atoms with van der Waals surface area (Å²) in [7, 11) is -3.20. The van der Waals surface area contributed by atoms with Gasteiger partial charge in [-0.2, -0.15) is 17.5 Å². The zero-order valence-electron chi connectivity index (χ0n) is 30.1. The van der Waals surface area contributed by atoms with Crippen LogP contribution in [0.15, 0.2) is 108 Å². The van der Waals surface area contributed by atoms with Crippen LogP contribution >= 0.6 is 11.3 Å². The molecule has 5 aromatic rings. The van der Waals surface area contributed by atoms with Crippen molar-refractivity contribution in [3.05, 3.63) is 124 Å². The molecule has 3 atom stereocenters. The molecule has 5 rings (SSSR count). The number of carbonyl (C=O) groups excluding carboxylic acids is 2. The Morgan fingerprint density at radius 3 is 2.06 bits per heavy atom. The first-order valence-corrected chi connectivity index (χ1v) is 19.4. The number of hydrogen-bond acceptors (Lipinski definition) is 7. The molecule has 4 N–H and O–H groups in total. The summed E-state index contributed by atoms with van der Waals surface area (Å²) in [6.07, 6.45) is -3.98. The Labute approximate surface area is 316 Å². The summed E-state index contributed by atoms with van der Waals surface area (Å²) in [4.78, 5) is 29.4. The standard InChI is InChI=1S/C39H43F3N4O6S2/c1-38(2,3)20-22-46(54(50,51)28-15-16-29-27(23-28)19-21-43-29)30(24-47)31-17-18-32(53-31)35(39(40,41)42)45-36(48)34(44-37(49)52-4)33(25-11-7-5-8-12-25)26-13-9-6-10-14-26/h5-19,21,23,30,33-35,43,47H,20,22,24H2,1-4H3,(H,44,49)(H,45,48)/t30-,34+,35-/m0/s1. The number of methoxy groups -OCH3 is 1. The number of aromatic nitrogens is 1. The lowest BCUT2D eigenvalue weighted by Crippen LogP contribution is -2.52. The van der Waals surface area contributed by atoms with E-state index in [9.17, 15) is 36.3 Å². The van der Waals surface area contributed by atoms with Crippen LogP contribution in [0.3, 0.4) is 0 Å². The molecular formula is C39H43F3N4O6S2. The van der Waals surface area contributed by atoms with Crippen LogP contribution < -0.4 is 10.6 Å². The van der Waals surface area contributed by atoms with Gasteiger partial charge in [0.25, 0.3) is 0 Å². The lowest BCUT2D eigenvalue weighted by Gasteiger charge is -2.32. The summed E-state index contributed by atoms with van der Waals surface area (Å²) in [5.74, 6) is -2.05. The number of fused-ring (bicyclic) bond motifs is 1. The minimum absolute atomic E-state index is 0.0316. The van der Waals surface area contributed by atoms with Crippen molar-refractivity contribution in [1.29, 1.82) is 0 Å². The Hall–Kier alpha value is -4.70. The van der Waals surface area contributed by atoms with E-state index in [1.165, 1.54) is 18.2 Å². The van der Waals surface area contributed by atoms with Gasteiger partial charge >= 0.3 is 12.3 Å². The highest BCUT2D eigenvalue weighted by molar-refractivity contribution is 7.89. The number of aliphatic hydroxyl groups is 1. The lowest BCUT2D eigenvalue weighted by molar-refractivity contribution is -0.163. The molecule has 0 aliphatic rings. The SMILES string of the molecule is COC(=O)N[C@@H](C(=O)N[C@@H](c1ccc([C@H](CO)N(CCC(C)(C)C)S(=O)(=O)c2ccc3[nH]ccc3c2)s1)C(F)(F)F)C(c1ccccc1)c1ccccc1. The number of hydrogen-bond donors (Lipinski definition) is 4. The van der Waals surface area contributed by atoms with Gasteiger partial charge in [0.05, 0.1) is 24.7 Å². The summed E-state index contributed by atoms with van der Waals surface area (Å²) in [6, 6.07) is 20.6. The van der Waals surface area contributed by atoms with Crippen LogP contribution in [0.2, 0.25) is 0 Å². The van der Waals surface area contributed by atoms with Crippen LogP contribution in [0.4, 0.5) is 18.0 Å². The molecule has 2 heterocycles. The summed E-state index contributed by atoms with van der Waals surface area (Å²) < 4.78 is 79.2. The van der Waals surface area contributed by atoms with Gasteiger partial charge in [-0.25, -0.2) is 13.2 Å². The average molecular weight is 785 g/mol. The predicted molar refractivity (Wildman–Crippen MR) is 201 cm³/mol. The normalized spacial score (nSPS) is 14.2. The number of aromatic amines is 1. The fourth-order valence-electron chi connectivity index (χ4n) is 6.17. The number of aliphatic hydroxyl groups excluding tert-OH is 1. The van der Waals surface area contributed by atoms with Gasteiger partial charge in [0.2, 0.25) is 15.9 Å². The number of nitrogens with one attached hydrogen (secondary N) is 3. The number of alkyl carbamates (subject to hydrolysis) is 1. The topological polar surface area (TPSA) is 141 Å². The first kappa shape index (κ1) is 40.5. The third-order valence-corrected chi connectivity index (χ3v) is 12.2.